The molecule has 1 aliphatic rings. The van der Waals surface area contributed by atoms with Crippen LogP contribution in [0.5, 0.6) is 0 Å². The fourth-order valence-corrected chi connectivity index (χ4v) is 4.10. The summed E-state index contributed by atoms with van der Waals surface area (Å²) in [6.07, 6.45) is 3.94. The van der Waals surface area contributed by atoms with Crippen molar-refractivity contribution in [1.82, 2.24) is 19.9 Å². The van der Waals surface area contributed by atoms with Crippen LogP contribution in [0.15, 0.2) is 46.5 Å². The zero-order valence-electron chi connectivity index (χ0n) is 15.6. The van der Waals surface area contributed by atoms with Gasteiger partial charge in [-0.3, -0.25) is 14.2 Å². The minimum absolute atomic E-state index is 0.0906. The van der Waals surface area contributed by atoms with Crippen molar-refractivity contribution in [3.05, 3.63) is 46.9 Å². The van der Waals surface area contributed by atoms with E-state index in [4.69, 9.17) is 4.74 Å². The van der Waals surface area contributed by atoms with Crippen LogP contribution in [0.3, 0.4) is 0 Å². The highest BCUT2D eigenvalue weighted by atomic mass is 32.2. The molecule has 0 unspecified atom stereocenters. The summed E-state index contributed by atoms with van der Waals surface area (Å²) in [5, 5.41) is 3.41. The van der Waals surface area contributed by atoms with Crippen LogP contribution in [0.2, 0.25) is 0 Å². The summed E-state index contributed by atoms with van der Waals surface area (Å²) >= 11 is 1.26. The number of nitrogens with zero attached hydrogens (tertiary/aromatic N) is 2. The van der Waals surface area contributed by atoms with E-state index in [2.05, 4.69) is 15.3 Å². The first-order valence-corrected chi connectivity index (χ1v) is 10.3. The summed E-state index contributed by atoms with van der Waals surface area (Å²) in [5.74, 6) is 0.107. The third kappa shape index (κ3) is 3.83. The smallest absolute Gasteiger partial charge is 0.278 e. The summed E-state index contributed by atoms with van der Waals surface area (Å²) in [7, 11) is 1.67. The van der Waals surface area contributed by atoms with Gasteiger partial charge in [-0.1, -0.05) is 42.1 Å². The predicted molar refractivity (Wildman–Crippen MR) is 109 cm³/mol. The Balaban J connectivity index is 1.52. The van der Waals surface area contributed by atoms with Gasteiger partial charge in [0.15, 0.2) is 5.16 Å². The highest BCUT2D eigenvalue weighted by Gasteiger charge is 2.18. The minimum Gasteiger partial charge on any atom is -0.376 e. The van der Waals surface area contributed by atoms with Gasteiger partial charge in [0.25, 0.3) is 5.56 Å². The first-order valence-electron chi connectivity index (χ1n) is 9.28. The summed E-state index contributed by atoms with van der Waals surface area (Å²) in [6, 6.07) is 9.80. The van der Waals surface area contributed by atoms with E-state index in [1.165, 1.54) is 16.3 Å². The molecule has 0 aliphatic carbocycles. The van der Waals surface area contributed by atoms with Crippen LogP contribution >= 0.6 is 11.8 Å². The van der Waals surface area contributed by atoms with Gasteiger partial charge >= 0.3 is 0 Å². The Hall–Kier alpha value is -2.58. The Labute approximate surface area is 166 Å². The number of ether oxygens (including phenoxy) is 1. The number of rotatable bonds is 6. The monoisotopic (exact) mass is 398 g/mol. The van der Waals surface area contributed by atoms with Gasteiger partial charge in [0.2, 0.25) is 5.91 Å². The minimum atomic E-state index is -0.158. The molecule has 3 aromatic rings. The molecule has 1 aliphatic heterocycles. The second-order valence-electron chi connectivity index (χ2n) is 6.78. The average molecular weight is 398 g/mol. The second-order valence-corrected chi connectivity index (χ2v) is 7.72. The van der Waals surface area contributed by atoms with E-state index in [0.717, 1.165) is 30.6 Å². The van der Waals surface area contributed by atoms with E-state index in [1.807, 2.05) is 30.3 Å². The highest BCUT2D eigenvalue weighted by molar-refractivity contribution is 7.99. The van der Waals surface area contributed by atoms with Gasteiger partial charge in [0.05, 0.1) is 11.9 Å². The molecule has 2 aromatic heterocycles. The zero-order valence-corrected chi connectivity index (χ0v) is 16.4. The number of carbonyl (C=O) groups excluding carboxylic acids is 1. The number of fused-ring (bicyclic) bond motifs is 1. The number of amides is 1. The van der Waals surface area contributed by atoms with E-state index in [-0.39, 0.29) is 23.3 Å². The van der Waals surface area contributed by atoms with Crippen molar-refractivity contribution in [2.45, 2.75) is 24.1 Å². The van der Waals surface area contributed by atoms with E-state index < -0.39 is 0 Å². The maximum absolute atomic E-state index is 12.7. The highest BCUT2D eigenvalue weighted by Crippen LogP contribution is 2.27. The quantitative estimate of drug-likeness (QED) is 0.491. The Kier molecular flexibility index (Phi) is 5.50. The summed E-state index contributed by atoms with van der Waals surface area (Å²) in [4.78, 5) is 32.6. The standard InChI is InChI=1S/C20H22N4O3S/c1-24-19(26)18-17(15(11-22-18)13-6-3-2-4-7-13)23-20(24)28-12-16(25)21-10-14-8-5-9-27-14/h2-4,6-7,11,14,22H,5,8-10,12H2,1H3,(H,21,25)/t14-/m1/s1. The molecule has 4 rings (SSSR count). The van der Waals surface area contributed by atoms with Gasteiger partial charge in [0.1, 0.15) is 11.0 Å². The van der Waals surface area contributed by atoms with Crippen LogP contribution in [0.4, 0.5) is 0 Å². The Bertz CT molecular complexity index is 1040. The topological polar surface area (TPSA) is 89.0 Å². The van der Waals surface area contributed by atoms with Crippen molar-refractivity contribution in [3.63, 3.8) is 0 Å². The third-order valence-electron chi connectivity index (χ3n) is 4.83. The first-order chi connectivity index (χ1) is 13.6. The number of hydrogen-bond acceptors (Lipinski definition) is 5. The van der Waals surface area contributed by atoms with Gasteiger partial charge in [-0.25, -0.2) is 4.98 Å². The molecule has 0 radical (unpaired) electrons. The molecule has 0 spiro atoms. The fraction of sp³-hybridized carbons (Fsp3) is 0.350. The summed E-state index contributed by atoms with van der Waals surface area (Å²) in [5.41, 5.74) is 2.79. The first kappa shape index (κ1) is 18.8. The van der Waals surface area contributed by atoms with Crippen LogP contribution in [-0.4, -0.2) is 45.5 Å². The number of aromatic nitrogens is 3. The molecule has 1 fully saturated rings. The molecule has 2 N–H and O–H groups in total. The molecule has 1 amide bonds. The maximum Gasteiger partial charge on any atom is 0.278 e. The molecule has 8 heteroatoms. The predicted octanol–water partition coefficient (Wildman–Crippen LogP) is 2.32. The van der Waals surface area contributed by atoms with Crippen molar-refractivity contribution in [1.29, 1.82) is 0 Å². The maximum atomic E-state index is 12.7. The molecular formula is C20H22N4O3S. The van der Waals surface area contributed by atoms with Gasteiger partial charge in [0, 0.05) is 32.0 Å². The third-order valence-corrected chi connectivity index (χ3v) is 5.86. The molecular weight excluding hydrogens is 376 g/mol. The lowest BCUT2D eigenvalue weighted by atomic mass is 10.1. The molecule has 146 valence electrons. The van der Waals surface area contributed by atoms with Crippen LogP contribution in [-0.2, 0) is 16.6 Å². The van der Waals surface area contributed by atoms with E-state index >= 15 is 0 Å². The molecule has 0 saturated carbocycles. The molecule has 1 atom stereocenters. The van der Waals surface area contributed by atoms with Crippen LogP contribution < -0.4 is 10.9 Å². The normalized spacial score (nSPS) is 16.5. The lowest BCUT2D eigenvalue weighted by Crippen LogP contribution is -2.33. The van der Waals surface area contributed by atoms with Crippen LogP contribution in [0.25, 0.3) is 22.2 Å². The largest absolute Gasteiger partial charge is 0.376 e. The van der Waals surface area contributed by atoms with Gasteiger partial charge in [-0.05, 0) is 18.4 Å². The average Bonchev–Trinajstić information content (AvgIpc) is 3.38. The zero-order chi connectivity index (χ0) is 19.5. The lowest BCUT2D eigenvalue weighted by Gasteiger charge is -2.11. The van der Waals surface area contributed by atoms with Gasteiger partial charge < -0.3 is 15.0 Å². The van der Waals surface area contributed by atoms with Crippen LogP contribution in [0.1, 0.15) is 12.8 Å². The molecule has 28 heavy (non-hydrogen) atoms. The van der Waals surface area contributed by atoms with Gasteiger partial charge in [-0.15, -0.1) is 0 Å². The Morgan fingerprint density at radius 1 is 1.39 bits per heavy atom. The summed E-state index contributed by atoms with van der Waals surface area (Å²) in [6.45, 7) is 1.29. The molecule has 1 aromatic carbocycles. The Morgan fingerprint density at radius 3 is 2.96 bits per heavy atom. The SMILES string of the molecule is Cn1c(SCC(=O)NC[C@H]2CCCO2)nc2c(-c3ccccc3)c[nH]c2c1=O. The van der Waals surface area contributed by atoms with Gasteiger partial charge in [-0.2, -0.15) is 0 Å². The van der Waals surface area contributed by atoms with Crippen molar-refractivity contribution >= 4 is 28.7 Å². The molecule has 1 saturated heterocycles. The van der Waals surface area contributed by atoms with E-state index in [0.29, 0.717) is 22.7 Å². The number of carbonyl (C=O) groups is 1. The number of aromatic amines is 1. The second kappa shape index (κ2) is 8.20. The lowest BCUT2D eigenvalue weighted by molar-refractivity contribution is -0.119. The van der Waals surface area contributed by atoms with Crippen molar-refractivity contribution in [2.75, 3.05) is 18.9 Å². The number of hydrogen-bond donors (Lipinski definition) is 2. The summed E-state index contributed by atoms with van der Waals surface area (Å²) < 4.78 is 6.99. The number of nitrogens with one attached hydrogen (secondary N) is 2. The number of thioether (sulfide) groups is 1. The van der Waals surface area contributed by atoms with E-state index in [1.54, 1.807) is 13.2 Å². The Morgan fingerprint density at radius 2 is 2.21 bits per heavy atom. The van der Waals surface area contributed by atoms with Crippen molar-refractivity contribution in [3.8, 4) is 11.1 Å². The van der Waals surface area contributed by atoms with Crippen LogP contribution in [0, 0.1) is 0 Å². The molecule has 3 heterocycles. The molecule has 7 nitrogen and oxygen atoms in total. The van der Waals surface area contributed by atoms with Crippen molar-refractivity contribution < 1.29 is 9.53 Å². The van der Waals surface area contributed by atoms with Crippen molar-refractivity contribution in [2.24, 2.45) is 7.05 Å². The number of H-pyrrole nitrogens is 1. The number of benzene rings is 1. The fourth-order valence-electron chi connectivity index (χ4n) is 3.30. The van der Waals surface area contributed by atoms with E-state index in [9.17, 15) is 9.59 Å². The molecule has 0 bridgehead atoms.